The molecule has 6 atom stereocenters. The Morgan fingerprint density at radius 2 is 1.19 bits per heavy atom. The van der Waals surface area contributed by atoms with Gasteiger partial charge in [0.2, 0.25) is 0 Å². The van der Waals surface area contributed by atoms with Gasteiger partial charge in [0.1, 0.15) is 30.5 Å². The number of unbranched alkanes of at least 4 members (excludes halogenated alkanes) is 16. The molecule has 1 saturated heterocycles. The lowest BCUT2D eigenvalue weighted by Gasteiger charge is -2.41. The van der Waals surface area contributed by atoms with Crippen LogP contribution >= 0.6 is 0 Å². The summed E-state index contributed by atoms with van der Waals surface area (Å²) in [6.07, 6.45) is 33.0. The average molecular weight is 831 g/mol. The number of aliphatic hydroxyl groups is 3. The van der Waals surface area contributed by atoms with Gasteiger partial charge < -0.3 is 34.3 Å². The Morgan fingerprint density at radius 3 is 1.77 bits per heavy atom. The average Bonchev–Trinajstić information content (AvgIpc) is 3.18. The van der Waals surface area contributed by atoms with Crippen LogP contribution in [0.2, 0.25) is 0 Å². The van der Waals surface area contributed by atoms with E-state index in [4.69, 9.17) is 23.5 Å². The molecule has 0 saturated carbocycles. The number of carbonyl (C=O) groups is 1. The molecule has 0 aromatic carbocycles. The molecule has 4 N–H and O–H groups in total. The van der Waals surface area contributed by atoms with Gasteiger partial charge in [0.15, 0.2) is 6.29 Å². The Hall–Kier alpha value is -1.94. The first kappa shape index (κ1) is 53.1. The molecule has 0 radical (unpaired) electrons. The van der Waals surface area contributed by atoms with Crippen LogP contribution in [0.4, 0.5) is 0 Å². The van der Waals surface area contributed by atoms with Crippen LogP contribution in [0.15, 0.2) is 48.6 Å². The third-order valence-electron chi connectivity index (χ3n) is 9.65. The smallest absolute Gasteiger partial charge is 0.397 e. The largest absolute Gasteiger partial charge is 0.457 e. The first-order valence-electron chi connectivity index (χ1n) is 21.9. The van der Waals surface area contributed by atoms with Crippen LogP contribution in [0.5, 0.6) is 0 Å². The van der Waals surface area contributed by atoms with Gasteiger partial charge in [0.25, 0.3) is 0 Å². The van der Waals surface area contributed by atoms with E-state index in [9.17, 15) is 28.5 Å². The second-order valence-corrected chi connectivity index (χ2v) is 16.0. The van der Waals surface area contributed by atoms with Crippen LogP contribution < -0.4 is 0 Å². The fraction of sp³-hybridized carbons (Fsp3) is 0.795. The second-order valence-electron chi connectivity index (χ2n) is 14.9. The van der Waals surface area contributed by atoms with Gasteiger partial charge >= 0.3 is 16.4 Å². The second kappa shape index (κ2) is 36.0. The van der Waals surface area contributed by atoms with Crippen molar-refractivity contribution in [3.05, 3.63) is 48.6 Å². The van der Waals surface area contributed by atoms with Gasteiger partial charge in [-0.3, -0.25) is 9.35 Å². The van der Waals surface area contributed by atoms with E-state index in [0.717, 1.165) is 89.9 Å². The number of aliphatic hydroxyl groups excluding tert-OH is 3. The van der Waals surface area contributed by atoms with Gasteiger partial charge in [0.05, 0.1) is 19.8 Å². The van der Waals surface area contributed by atoms with E-state index in [2.05, 4.69) is 66.6 Å². The zero-order chi connectivity index (χ0) is 41.8. The molecule has 12 nitrogen and oxygen atoms in total. The summed E-state index contributed by atoms with van der Waals surface area (Å²) in [5, 5.41) is 30.6. The monoisotopic (exact) mass is 831 g/mol. The van der Waals surface area contributed by atoms with E-state index in [1.807, 2.05) is 0 Å². The van der Waals surface area contributed by atoms with Crippen molar-refractivity contribution in [2.75, 3.05) is 26.4 Å². The van der Waals surface area contributed by atoms with E-state index in [-0.39, 0.29) is 19.6 Å². The lowest BCUT2D eigenvalue weighted by atomic mass is 9.99. The number of hydrogen-bond donors (Lipinski definition) is 4. The summed E-state index contributed by atoms with van der Waals surface area (Å²) in [7, 11) is -5.06. The maximum atomic E-state index is 12.8. The Labute approximate surface area is 345 Å². The highest BCUT2D eigenvalue weighted by atomic mass is 32.3. The predicted molar refractivity (Wildman–Crippen MR) is 225 cm³/mol. The van der Waals surface area contributed by atoms with E-state index >= 15 is 0 Å². The molecular weight excluding hydrogens is 753 g/mol. The van der Waals surface area contributed by atoms with Gasteiger partial charge in [-0.15, -0.1) is 0 Å². The number of carbonyl (C=O) groups excluding carboxylic acids is 1. The molecule has 0 spiro atoms. The summed E-state index contributed by atoms with van der Waals surface area (Å²) in [4.78, 5) is 12.8. The third kappa shape index (κ3) is 29.8. The molecule has 13 heteroatoms. The summed E-state index contributed by atoms with van der Waals surface area (Å²) in [6, 6.07) is 0. The maximum absolute atomic E-state index is 12.8. The molecule has 1 rings (SSSR count). The van der Waals surface area contributed by atoms with Gasteiger partial charge in [-0.05, 0) is 70.6 Å². The van der Waals surface area contributed by atoms with Gasteiger partial charge in [-0.2, -0.15) is 8.42 Å². The van der Waals surface area contributed by atoms with Crippen LogP contribution in [-0.2, 0) is 38.3 Å². The standard InChI is InChI=1S/C44H78O12S/c1-3-5-7-9-11-13-15-16-17-18-19-20-21-22-23-24-26-28-30-32-34-52-36-38(54-40(46)33-31-29-27-25-14-12-10-8-6-4-2)37-53-44-42(48)43(56-57(49,50)51)41(47)39(35-45)55-44/h8,10-11,13,16-17,19-20,38-39,41-45,47-48H,3-7,9,12,14-15,18,21-37H2,1-2H3,(H,49,50,51)/b10-8-,13-11-,17-16-,20-19-. The van der Waals surface area contributed by atoms with Crippen molar-refractivity contribution in [2.24, 2.45) is 0 Å². The van der Waals surface area contributed by atoms with Crippen molar-refractivity contribution < 1.29 is 56.2 Å². The maximum Gasteiger partial charge on any atom is 0.397 e. The predicted octanol–water partition coefficient (Wildman–Crippen LogP) is 8.80. The first-order chi connectivity index (χ1) is 27.6. The van der Waals surface area contributed by atoms with Crippen LogP contribution in [-0.4, -0.2) is 97.5 Å². The number of rotatable bonds is 37. The van der Waals surface area contributed by atoms with Gasteiger partial charge in [-0.25, -0.2) is 4.18 Å². The van der Waals surface area contributed by atoms with Crippen molar-refractivity contribution in [3.8, 4) is 0 Å². The molecule has 57 heavy (non-hydrogen) atoms. The van der Waals surface area contributed by atoms with E-state index in [0.29, 0.717) is 13.0 Å². The van der Waals surface area contributed by atoms with E-state index in [1.165, 1.54) is 44.9 Å². The molecule has 0 amide bonds. The van der Waals surface area contributed by atoms with Crippen molar-refractivity contribution in [3.63, 3.8) is 0 Å². The van der Waals surface area contributed by atoms with Crippen molar-refractivity contribution in [2.45, 2.75) is 198 Å². The van der Waals surface area contributed by atoms with Gasteiger partial charge in [0, 0.05) is 13.0 Å². The Morgan fingerprint density at radius 1 is 0.667 bits per heavy atom. The molecular formula is C44H78O12S. The molecule has 1 fully saturated rings. The van der Waals surface area contributed by atoms with Crippen molar-refractivity contribution in [1.29, 1.82) is 0 Å². The Bertz CT molecular complexity index is 1190. The SMILES string of the molecule is CCC/C=C\CCCCCCCC(=O)OC(COCCCCCCCCC/C=C\C/C=C\C/C=C\CCCCC)COC1OC(CO)C(O)C(OS(=O)(=O)O)C1O. The summed E-state index contributed by atoms with van der Waals surface area (Å²) in [5.74, 6) is -0.417. The van der Waals surface area contributed by atoms with Gasteiger partial charge in [-0.1, -0.05) is 133 Å². The van der Waals surface area contributed by atoms with Crippen LogP contribution in [0.3, 0.4) is 0 Å². The molecule has 0 aromatic rings. The van der Waals surface area contributed by atoms with Crippen LogP contribution in [0.25, 0.3) is 0 Å². The van der Waals surface area contributed by atoms with Crippen LogP contribution in [0.1, 0.15) is 162 Å². The summed E-state index contributed by atoms with van der Waals surface area (Å²) >= 11 is 0. The van der Waals surface area contributed by atoms with E-state index in [1.54, 1.807) is 0 Å². The third-order valence-corrected chi connectivity index (χ3v) is 10.1. The molecule has 6 unspecified atom stereocenters. The number of allylic oxidation sites excluding steroid dienone is 8. The quantitative estimate of drug-likeness (QED) is 0.0203. The Kier molecular flexibility index (Phi) is 33.5. The summed E-state index contributed by atoms with van der Waals surface area (Å²) < 4.78 is 58.9. The minimum absolute atomic E-state index is 0.0244. The number of ether oxygens (including phenoxy) is 4. The van der Waals surface area contributed by atoms with Crippen molar-refractivity contribution >= 4 is 16.4 Å². The van der Waals surface area contributed by atoms with Crippen LogP contribution in [0, 0.1) is 0 Å². The summed E-state index contributed by atoms with van der Waals surface area (Å²) in [5.41, 5.74) is 0. The summed E-state index contributed by atoms with van der Waals surface area (Å²) in [6.45, 7) is 3.84. The minimum Gasteiger partial charge on any atom is -0.457 e. The van der Waals surface area contributed by atoms with Crippen molar-refractivity contribution in [1.82, 2.24) is 0 Å². The minimum atomic E-state index is -5.06. The number of hydrogen-bond acceptors (Lipinski definition) is 11. The molecule has 1 aliphatic rings. The van der Waals surface area contributed by atoms with E-state index < -0.39 is 59.8 Å². The highest BCUT2D eigenvalue weighted by molar-refractivity contribution is 7.80. The molecule has 1 heterocycles. The topological polar surface area (TPSA) is 178 Å². The highest BCUT2D eigenvalue weighted by Crippen LogP contribution is 2.26. The molecule has 0 aliphatic carbocycles. The number of esters is 1. The zero-order valence-electron chi connectivity index (χ0n) is 35.1. The molecule has 332 valence electrons. The fourth-order valence-corrected chi connectivity index (χ4v) is 6.84. The molecule has 0 bridgehead atoms. The first-order valence-corrected chi connectivity index (χ1v) is 23.3. The normalized spacial score (nSPS) is 21.1. The molecule has 0 aromatic heterocycles. The fourth-order valence-electron chi connectivity index (χ4n) is 6.33. The molecule has 1 aliphatic heterocycles. The highest BCUT2D eigenvalue weighted by Gasteiger charge is 2.48. The Balaban J connectivity index is 2.41. The zero-order valence-corrected chi connectivity index (χ0v) is 36.0. The lowest BCUT2D eigenvalue weighted by molar-refractivity contribution is -0.301. The lowest BCUT2D eigenvalue weighted by Crippen LogP contribution is -2.60.